The predicted octanol–water partition coefficient (Wildman–Crippen LogP) is 3.25. The zero-order chi connectivity index (χ0) is 14.8. The highest BCUT2D eigenvalue weighted by Gasteiger charge is 2.31. The molecule has 0 saturated carbocycles. The molecule has 0 radical (unpaired) electrons. The van der Waals surface area contributed by atoms with Crippen LogP contribution in [0.4, 0.5) is 0 Å². The average molecular weight is 322 g/mol. The molecule has 1 aliphatic heterocycles. The van der Waals surface area contributed by atoms with Gasteiger partial charge in [0.25, 0.3) is 5.91 Å². The van der Waals surface area contributed by atoms with E-state index in [1.54, 1.807) is 18.3 Å². The molecule has 2 aromatic rings. The van der Waals surface area contributed by atoms with Gasteiger partial charge in [-0.05, 0) is 37.6 Å². The Morgan fingerprint density at radius 1 is 1.57 bits per heavy atom. The SMILES string of the molecule is CC(O)CC1CCCN1C(=O)c1csc(-c2ccsc2)n1. The second kappa shape index (κ2) is 6.25. The van der Waals surface area contributed by atoms with Crippen LogP contribution in [0.2, 0.25) is 0 Å². The number of rotatable bonds is 4. The highest BCUT2D eigenvalue weighted by atomic mass is 32.1. The lowest BCUT2D eigenvalue weighted by molar-refractivity contribution is 0.0677. The van der Waals surface area contributed by atoms with Crippen LogP contribution >= 0.6 is 22.7 Å². The van der Waals surface area contributed by atoms with Crippen molar-refractivity contribution in [1.29, 1.82) is 0 Å². The van der Waals surface area contributed by atoms with Gasteiger partial charge in [0.2, 0.25) is 0 Å². The average Bonchev–Trinajstić information content (AvgIpc) is 3.18. The van der Waals surface area contributed by atoms with Crippen molar-refractivity contribution >= 4 is 28.6 Å². The summed E-state index contributed by atoms with van der Waals surface area (Å²) in [5.74, 6) is -0.00382. The first-order chi connectivity index (χ1) is 10.1. The number of carbonyl (C=O) groups is 1. The molecule has 3 rings (SSSR count). The fourth-order valence-electron chi connectivity index (χ4n) is 2.78. The van der Waals surface area contributed by atoms with Crippen molar-refractivity contribution in [1.82, 2.24) is 9.88 Å². The number of aliphatic hydroxyl groups excluding tert-OH is 1. The second-order valence-electron chi connectivity index (χ2n) is 5.43. The summed E-state index contributed by atoms with van der Waals surface area (Å²) in [7, 11) is 0. The van der Waals surface area contributed by atoms with E-state index in [-0.39, 0.29) is 18.1 Å². The number of thiazole rings is 1. The molecule has 0 bridgehead atoms. The van der Waals surface area contributed by atoms with Gasteiger partial charge < -0.3 is 10.0 Å². The van der Waals surface area contributed by atoms with Crippen molar-refractivity contribution in [2.45, 2.75) is 38.3 Å². The van der Waals surface area contributed by atoms with Crippen molar-refractivity contribution in [3.63, 3.8) is 0 Å². The summed E-state index contributed by atoms with van der Waals surface area (Å²) in [5, 5.41) is 16.3. The van der Waals surface area contributed by atoms with E-state index in [0.29, 0.717) is 12.1 Å². The topological polar surface area (TPSA) is 53.4 Å². The fourth-order valence-corrected chi connectivity index (χ4v) is 4.29. The molecule has 0 aromatic carbocycles. The number of nitrogens with zero attached hydrogens (tertiary/aromatic N) is 2. The Kier molecular flexibility index (Phi) is 4.37. The zero-order valence-electron chi connectivity index (χ0n) is 11.9. The Labute approximate surface area is 132 Å². The molecule has 3 heterocycles. The van der Waals surface area contributed by atoms with Crippen LogP contribution in [0.3, 0.4) is 0 Å². The molecule has 1 fully saturated rings. The third-order valence-electron chi connectivity index (χ3n) is 3.74. The molecule has 112 valence electrons. The van der Waals surface area contributed by atoms with E-state index >= 15 is 0 Å². The van der Waals surface area contributed by atoms with Crippen LogP contribution in [0.25, 0.3) is 10.6 Å². The van der Waals surface area contributed by atoms with Gasteiger partial charge in [-0.1, -0.05) is 0 Å². The van der Waals surface area contributed by atoms with E-state index in [9.17, 15) is 9.90 Å². The van der Waals surface area contributed by atoms with Gasteiger partial charge in [0.05, 0.1) is 6.10 Å². The number of hydrogen-bond donors (Lipinski definition) is 1. The van der Waals surface area contributed by atoms with E-state index in [2.05, 4.69) is 4.98 Å². The summed E-state index contributed by atoms with van der Waals surface area (Å²) >= 11 is 3.14. The molecule has 1 amide bonds. The number of thiophene rings is 1. The maximum absolute atomic E-state index is 12.6. The van der Waals surface area contributed by atoms with Gasteiger partial charge in [-0.25, -0.2) is 4.98 Å². The predicted molar refractivity (Wildman–Crippen MR) is 85.8 cm³/mol. The molecule has 2 aromatic heterocycles. The summed E-state index contributed by atoms with van der Waals surface area (Å²) in [6.07, 6.45) is 2.25. The molecule has 4 nitrogen and oxygen atoms in total. The summed E-state index contributed by atoms with van der Waals surface area (Å²) < 4.78 is 0. The molecule has 1 N–H and O–H groups in total. The normalized spacial score (nSPS) is 19.9. The maximum atomic E-state index is 12.6. The van der Waals surface area contributed by atoms with Gasteiger partial charge in [-0.3, -0.25) is 4.79 Å². The molecule has 0 aliphatic carbocycles. The van der Waals surface area contributed by atoms with Crippen LogP contribution in [-0.2, 0) is 0 Å². The minimum absolute atomic E-state index is 0.00382. The van der Waals surface area contributed by atoms with Crippen LogP contribution in [0.1, 0.15) is 36.7 Å². The molecule has 2 unspecified atom stereocenters. The van der Waals surface area contributed by atoms with E-state index in [1.807, 2.05) is 27.1 Å². The molecule has 0 spiro atoms. The minimum atomic E-state index is -0.375. The second-order valence-corrected chi connectivity index (χ2v) is 7.07. The number of hydrogen-bond acceptors (Lipinski definition) is 5. The Morgan fingerprint density at radius 3 is 3.14 bits per heavy atom. The first-order valence-corrected chi connectivity index (χ1v) is 8.94. The lowest BCUT2D eigenvalue weighted by Crippen LogP contribution is -2.37. The quantitative estimate of drug-likeness (QED) is 0.940. The molecule has 6 heteroatoms. The van der Waals surface area contributed by atoms with E-state index in [1.165, 1.54) is 11.3 Å². The summed E-state index contributed by atoms with van der Waals surface area (Å²) in [5.41, 5.74) is 1.60. The molecule has 1 saturated heterocycles. The van der Waals surface area contributed by atoms with Crippen molar-refractivity contribution in [2.24, 2.45) is 0 Å². The number of amides is 1. The van der Waals surface area contributed by atoms with Crippen LogP contribution in [0, 0.1) is 0 Å². The van der Waals surface area contributed by atoms with Crippen molar-refractivity contribution in [2.75, 3.05) is 6.54 Å². The Bertz CT molecular complexity index is 607. The van der Waals surface area contributed by atoms with Gasteiger partial charge in [0.1, 0.15) is 10.7 Å². The van der Waals surface area contributed by atoms with Crippen LogP contribution in [0.5, 0.6) is 0 Å². The van der Waals surface area contributed by atoms with Crippen molar-refractivity contribution in [3.8, 4) is 10.6 Å². The first kappa shape index (κ1) is 14.7. The number of likely N-dealkylation sites (tertiary alicyclic amines) is 1. The van der Waals surface area contributed by atoms with E-state index in [0.717, 1.165) is 30.0 Å². The lowest BCUT2D eigenvalue weighted by Gasteiger charge is -2.24. The third kappa shape index (κ3) is 3.17. The van der Waals surface area contributed by atoms with Gasteiger partial charge in [0.15, 0.2) is 0 Å². The zero-order valence-corrected chi connectivity index (χ0v) is 13.5. The number of aliphatic hydroxyl groups is 1. The van der Waals surface area contributed by atoms with Gasteiger partial charge in [0, 0.05) is 28.9 Å². The molecule has 2 atom stereocenters. The third-order valence-corrected chi connectivity index (χ3v) is 5.32. The molecular weight excluding hydrogens is 304 g/mol. The van der Waals surface area contributed by atoms with Crippen molar-refractivity contribution < 1.29 is 9.90 Å². The van der Waals surface area contributed by atoms with E-state index < -0.39 is 0 Å². The minimum Gasteiger partial charge on any atom is -0.393 e. The Balaban J connectivity index is 1.76. The highest BCUT2D eigenvalue weighted by molar-refractivity contribution is 7.14. The van der Waals surface area contributed by atoms with Crippen molar-refractivity contribution in [3.05, 3.63) is 27.9 Å². The van der Waals surface area contributed by atoms with Gasteiger partial charge >= 0.3 is 0 Å². The molecular formula is C15H18N2O2S2. The smallest absolute Gasteiger partial charge is 0.273 e. The lowest BCUT2D eigenvalue weighted by atomic mass is 10.1. The number of carbonyl (C=O) groups excluding carboxylic acids is 1. The van der Waals surface area contributed by atoms with Gasteiger partial charge in [-0.15, -0.1) is 11.3 Å². The standard InChI is InChI=1S/C15H18N2O2S2/c1-10(18)7-12-3-2-5-17(12)15(19)13-9-21-14(16-13)11-4-6-20-8-11/h4,6,8-10,12,18H,2-3,5,7H2,1H3. The maximum Gasteiger partial charge on any atom is 0.273 e. The van der Waals surface area contributed by atoms with Crippen LogP contribution < -0.4 is 0 Å². The first-order valence-electron chi connectivity index (χ1n) is 7.12. The Hall–Kier alpha value is -1.24. The molecule has 1 aliphatic rings. The van der Waals surface area contributed by atoms with E-state index in [4.69, 9.17) is 0 Å². The number of aromatic nitrogens is 1. The van der Waals surface area contributed by atoms with Crippen LogP contribution in [-0.4, -0.2) is 39.6 Å². The van der Waals surface area contributed by atoms with Gasteiger partial charge in [-0.2, -0.15) is 11.3 Å². The Morgan fingerprint density at radius 2 is 2.43 bits per heavy atom. The van der Waals surface area contributed by atoms with Crippen LogP contribution in [0.15, 0.2) is 22.2 Å². The monoisotopic (exact) mass is 322 g/mol. The fraction of sp³-hybridized carbons (Fsp3) is 0.467. The summed E-state index contributed by atoms with van der Waals surface area (Å²) in [6.45, 7) is 2.54. The molecule has 21 heavy (non-hydrogen) atoms. The highest BCUT2D eigenvalue weighted by Crippen LogP contribution is 2.28. The summed E-state index contributed by atoms with van der Waals surface area (Å²) in [4.78, 5) is 19.0. The largest absolute Gasteiger partial charge is 0.393 e. The summed E-state index contributed by atoms with van der Waals surface area (Å²) in [6, 6.07) is 2.16.